The van der Waals surface area contributed by atoms with Gasteiger partial charge in [0.1, 0.15) is 17.0 Å². The van der Waals surface area contributed by atoms with Crippen molar-refractivity contribution in [3.63, 3.8) is 0 Å². The summed E-state index contributed by atoms with van der Waals surface area (Å²) in [6.07, 6.45) is 4.47. The number of carbonyl (C=O) groups is 2. The van der Waals surface area contributed by atoms with Gasteiger partial charge in [-0.25, -0.2) is 4.79 Å². The van der Waals surface area contributed by atoms with Crippen molar-refractivity contribution in [2.45, 2.75) is 51.2 Å². The number of amides is 1. The van der Waals surface area contributed by atoms with Crippen LogP contribution in [0.1, 0.15) is 50.4 Å². The van der Waals surface area contributed by atoms with E-state index in [1.54, 1.807) is 23.4 Å². The standard InChI is InChI=1S/C17H22N2O4/c1-16(2,3)23-15(21)19-8-5-17(6-9-19)10-13(20)12-4-7-18-11-14(12)22-17/h4,7,11H,5-6,8-10H2,1-3H3. The summed E-state index contributed by atoms with van der Waals surface area (Å²) in [6, 6.07) is 1.69. The van der Waals surface area contributed by atoms with Crippen molar-refractivity contribution in [2.75, 3.05) is 13.1 Å². The number of ether oxygens (including phenoxy) is 2. The van der Waals surface area contributed by atoms with Gasteiger partial charge in [-0.05, 0) is 26.8 Å². The summed E-state index contributed by atoms with van der Waals surface area (Å²) in [7, 11) is 0. The van der Waals surface area contributed by atoms with Crippen molar-refractivity contribution in [1.82, 2.24) is 9.88 Å². The number of aromatic nitrogens is 1. The normalized spacial score (nSPS) is 20.0. The summed E-state index contributed by atoms with van der Waals surface area (Å²) < 4.78 is 11.5. The van der Waals surface area contributed by atoms with E-state index in [1.165, 1.54) is 0 Å². The molecule has 0 aromatic carbocycles. The molecule has 23 heavy (non-hydrogen) atoms. The minimum atomic E-state index is -0.522. The molecule has 2 aliphatic rings. The van der Waals surface area contributed by atoms with Gasteiger partial charge in [0.25, 0.3) is 0 Å². The van der Waals surface area contributed by atoms with Gasteiger partial charge in [-0.15, -0.1) is 0 Å². The van der Waals surface area contributed by atoms with Gasteiger partial charge in [-0.1, -0.05) is 0 Å². The van der Waals surface area contributed by atoms with E-state index in [1.807, 2.05) is 20.8 Å². The number of ketones is 1. The third-order valence-electron chi connectivity index (χ3n) is 4.22. The molecule has 0 atom stereocenters. The largest absolute Gasteiger partial charge is 0.484 e. The van der Waals surface area contributed by atoms with E-state index in [2.05, 4.69) is 4.98 Å². The fourth-order valence-electron chi connectivity index (χ4n) is 3.05. The number of carbonyl (C=O) groups excluding carboxylic acids is 2. The molecule has 1 aromatic rings. The molecule has 0 radical (unpaired) electrons. The lowest BCUT2D eigenvalue weighted by atomic mass is 9.83. The van der Waals surface area contributed by atoms with Gasteiger partial charge in [-0.3, -0.25) is 9.78 Å². The maximum absolute atomic E-state index is 12.3. The fourth-order valence-corrected chi connectivity index (χ4v) is 3.05. The van der Waals surface area contributed by atoms with Crippen LogP contribution in [0.4, 0.5) is 4.79 Å². The summed E-state index contributed by atoms with van der Waals surface area (Å²) in [4.78, 5) is 30.2. The van der Waals surface area contributed by atoms with Crippen molar-refractivity contribution in [3.8, 4) is 5.75 Å². The second-order valence-corrected chi connectivity index (χ2v) is 7.22. The minimum Gasteiger partial charge on any atom is -0.484 e. The molecule has 0 bridgehead atoms. The lowest BCUT2D eigenvalue weighted by Crippen LogP contribution is -2.53. The van der Waals surface area contributed by atoms with Crippen LogP contribution in [0.15, 0.2) is 18.5 Å². The Morgan fingerprint density at radius 2 is 2.04 bits per heavy atom. The SMILES string of the molecule is CC(C)(C)OC(=O)N1CCC2(CC1)CC(=O)c1ccncc1O2. The Bertz CT molecular complexity index is 628. The Hall–Kier alpha value is -2.11. The molecule has 1 aromatic heterocycles. The third-order valence-corrected chi connectivity index (χ3v) is 4.22. The van der Waals surface area contributed by atoms with E-state index in [4.69, 9.17) is 9.47 Å². The lowest BCUT2D eigenvalue weighted by molar-refractivity contribution is -0.0227. The van der Waals surface area contributed by atoms with Gasteiger partial charge in [0.05, 0.1) is 18.2 Å². The minimum absolute atomic E-state index is 0.0827. The molecule has 6 heteroatoms. The van der Waals surface area contributed by atoms with Crippen LogP contribution in [0.5, 0.6) is 5.75 Å². The van der Waals surface area contributed by atoms with E-state index < -0.39 is 11.2 Å². The first-order valence-electron chi connectivity index (χ1n) is 7.92. The molecular weight excluding hydrogens is 296 g/mol. The highest BCUT2D eigenvalue weighted by Gasteiger charge is 2.44. The number of piperidine rings is 1. The van der Waals surface area contributed by atoms with Crippen LogP contribution in [0.25, 0.3) is 0 Å². The zero-order valence-corrected chi connectivity index (χ0v) is 13.8. The monoisotopic (exact) mass is 318 g/mol. The van der Waals surface area contributed by atoms with Crippen LogP contribution in [0.2, 0.25) is 0 Å². The molecule has 0 unspecified atom stereocenters. The first kappa shape index (κ1) is 15.8. The number of hydrogen-bond acceptors (Lipinski definition) is 5. The van der Waals surface area contributed by atoms with Crippen LogP contribution >= 0.6 is 0 Å². The van der Waals surface area contributed by atoms with Gasteiger partial charge in [0.15, 0.2) is 5.78 Å². The quantitative estimate of drug-likeness (QED) is 0.736. The number of nitrogens with zero attached hydrogens (tertiary/aromatic N) is 2. The lowest BCUT2D eigenvalue weighted by Gasteiger charge is -2.43. The van der Waals surface area contributed by atoms with Crippen LogP contribution < -0.4 is 4.74 Å². The summed E-state index contributed by atoms with van der Waals surface area (Å²) in [6.45, 7) is 6.60. The Morgan fingerprint density at radius 3 is 2.70 bits per heavy atom. The molecule has 3 rings (SSSR count). The molecular formula is C17H22N2O4. The zero-order chi connectivity index (χ0) is 16.7. The Balaban J connectivity index is 1.67. The van der Waals surface area contributed by atoms with Crippen molar-refractivity contribution in [1.29, 1.82) is 0 Å². The number of fused-ring (bicyclic) bond motifs is 1. The predicted molar refractivity (Wildman–Crippen MR) is 83.6 cm³/mol. The van der Waals surface area contributed by atoms with E-state index in [9.17, 15) is 9.59 Å². The Kier molecular flexibility index (Phi) is 3.78. The molecule has 6 nitrogen and oxygen atoms in total. The molecule has 124 valence electrons. The molecule has 0 N–H and O–H groups in total. The van der Waals surface area contributed by atoms with E-state index >= 15 is 0 Å². The topological polar surface area (TPSA) is 68.7 Å². The van der Waals surface area contributed by atoms with Crippen molar-refractivity contribution in [3.05, 3.63) is 24.0 Å². The second kappa shape index (κ2) is 5.51. The average Bonchev–Trinajstić information content (AvgIpc) is 2.46. The average molecular weight is 318 g/mol. The van der Waals surface area contributed by atoms with Crippen molar-refractivity contribution in [2.24, 2.45) is 0 Å². The second-order valence-electron chi connectivity index (χ2n) is 7.22. The van der Waals surface area contributed by atoms with E-state index in [-0.39, 0.29) is 11.9 Å². The first-order chi connectivity index (χ1) is 10.8. The maximum atomic E-state index is 12.3. The predicted octanol–water partition coefficient (Wildman–Crippen LogP) is 2.82. The van der Waals surface area contributed by atoms with Gasteiger partial charge in [-0.2, -0.15) is 0 Å². The van der Waals surface area contributed by atoms with Gasteiger partial charge < -0.3 is 14.4 Å². The maximum Gasteiger partial charge on any atom is 0.410 e. The van der Waals surface area contributed by atoms with Gasteiger partial charge in [0.2, 0.25) is 0 Å². The number of pyridine rings is 1. The van der Waals surface area contributed by atoms with E-state index in [0.29, 0.717) is 43.7 Å². The summed E-state index contributed by atoms with van der Waals surface area (Å²) in [5.74, 6) is 0.633. The smallest absolute Gasteiger partial charge is 0.410 e. The van der Waals surface area contributed by atoms with Gasteiger partial charge in [0, 0.05) is 32.1 Å². The number of hydrogen-bond donors (Lipinski definition) is 0. The highest BCUT2D eigenvalue weighted by atomic mass is 16.6. The number of Topliss-reactive ketones (excluding diaryl/α,β-unsaturated/α-hetero) is 1. The van der Waals surface area contributed by atoms with Crippen LogP contribution in [-0.4, -0.2) is 46.1 Å². The zero-order valence-electron chi connectivity index (χ0n) is 13.8. The molecule has 0 saturated carbocycles. The van der Waals surface area contributed by atoms with Crippen LogP contribution in [0.3, 0.4) is 0 Å². The summed E-state index contributed by atoms with van der Waals surface area (Å²) in [5.41, 5.74) is -0.431. The molecule has 3 heterocycles. The molecule has 1 fully saturated rings. The highest BCUT2D eigenvalue weighted by Crippen LogP contribution is 2.38. The number of likely N-dealkylation sites (tertiary alicyclic amines) is 1. The first-order valence-corrected chi connectivity index (χ1v) is 7.92. The third kappa shape index (κ3) is 3.30. The van der Waals surface area contributed by atoms with Gasteiger partial charge >= 0.3 is 6.09 Å². The molecule has 1 amide bonds. The summed E-state index contributed by atoms with van der Waals surface area (Å²) in [5, 5.41) is 0. The van der Waals surface area contributed by atoms with Crippen LogP contribution in [-0.2, 0) is 4.74 Å². The van der Waals surface area contributed by atoms with Crippen molar-refractivity contribution < 1.29 is 19.1 Å². The fraction of sp³-hybridized carbons (Fsp3) is 0.588. The molecule has 1 spiro atoms. The number of rotatable bonds is 0. The molecule has 1 saturated heterocycles. The Labute approximate surface area is 135 Å². The van der Waals surface area contributed by atoms with Crippen LogP contribution in [0, 0.1) is 0 Å². The summed E-state index contributed by atoms with van der Waals surface area (Å²) >= 11 is 0. The highest BCUT2D eigenvalue weighted by molar-refractivity contribution is 6.00. The molecule has 0 aliphatic carbocycles. The molecule has 2 aliphatic heterocycles. The van der Waals surface area contributed by atoms with E-state index in [0.717, 1.165) is 0 Å². The van der Waals surface area contributed by atoms with Crippen molar-refractivity contribution >= 4 is 11.9 Å². The Morgan fingerprint density at radius 1 is 1.35 bits per heavy atom.